The first-order valence-electron chi connectivity index (χ1n) is 4.79. The summed E-state index contributed by atoms with van der Waals surface area (Å²) in [5, 5.41) is 0. The van der Waals surface area contributed by atoms with Crippen molar-refractivity contribution in [2.24, 2.45) is 4.99 Å². The van der Waals surface area contributed by atoms with Gasteiger partial charge >= 0.3 is 6.09 Å². The van der Waals surface area contributed by atoms with Crippen LogP contribution >= 0.6 is 15.9 Å². The van der Waals surface area contributed by atoms with Gasteiger partial charge in [-0.25, -0.2) is 4.79 Å². The summed E-state index contributed by atoms with van der Waals surface area (Å²) >= 11 is 3.31. The number of aliphatic imine (C=N–C) groups is 1. The van der Waals surface area contributed by atoms with E-state index < -0.39 is 6.09 Å². The predicted octanol–water partition coefficient (Wildman–Crippen LogP) is 1.98. The Morgan fingerprint density at radius 3 is 2.82 bits per heavy atom. The monoisotopic (exact) mass is 296 g/mol. The minimum absolute atomic E-state index is 0.107. The molecule has 2 amide bonds. The second-order valence-corrected chi connectivity index (χ2v) is 4.37. The van der Waals surface area contributed by atoms with Crippen LogP contribution in [0.1, 0.15) is 5.56 Å². The van der Waals surface area contributed by atoms with E-state index in [1.165, 1.54) is 12.0 Å². The van der Waals surface area contributed by atoms with Crippen molar-refractivity contribution < 1.29 is 14.3 Å². The summed E-state index contributed by atoms with van der Waals surface area (Å²) in [5.41, 5.74) is 1.45. The van der Waals surface area contributed by atoms with Crippen molar-refractivity contribution in [1.82, 2.24) is 0 Å². The largest absolute Gasteiger partial charge is 0.451 e. The molecule has 1 aromatic carbocycles. The molecule has 0 aromatic heterocycles. The smallest absolute Gasteiger partial charge is 0.434 e. The average Bonchev–Trinajstić information content (AvgIpc) is 2.54. The number of hydrogen-bond donors (Lipinski definition) is 0. The van der Waals surface area contributed by atoms with Crippen LogP contribution in [0.15, 0.2) is 27.7 Å². The Kier molecular flexibility index (Phi) is 2.97. The maximum atomic E-state index is 11.9. The van der Waals surface area contributed by atoms with Crippen molar-refractivity contribution in [2.75, 3.05) is 19.1 Å². The van der Waals surface area contributed by atoms with Crippen molar-refractivity contribution in [3.05, 3.63) is 28.2 Å². The second-order valence-electron chi connectivity index (χ2n) is 3.46. The Bertz CT molecular complexity index is 540. The number of ether oxygens (including phenoxy) is 1. The van der Waals surface area contributed by atoms with Crippen molar-refractivity contribution in [3.63, 3.8) is 0 Å². The van der Waals surface area contributed by atoms with Crippen LogP contribution in [-0.2, 0) is 9.53 Å². The number of likely N-dealkylation sites (N-methyl/N-ethyl adjacent to an activating group) is 1. The number of anilines is 1. The normalized spacial score (nSPS) is 16.3. The maximum Gasteiger partial charge on any atom is 0.434 e. The molecule has 0 saturated heterocycles. The molecule has 0 saturated carbocycles. The molecule has 6 heteroatoms. The number of carbonyl (C=O) groups is 2. The minimum Gasteiger partial charge on any atom is -0.451 e. The number of fused-ring (bicyclic) bond motifs is 1. The van der Waals surface area contributed by atoms with Gasteiger partial charge < -0.3 is 9.64 Å². The number of amides is 2. The summed E-state index contributed by atoms with van der Waals surface area (Å²) in [7, 11) is 2.85. The molecule has 1 aromatic rings. The van der Waals surface area contributed by atoms with Crippen molar-refractivity contribution in [3.8, 4) is 0 Å². The van der Waals surface area contributed by atoms with Gasteiger partial charge in [0.15, 0.2) is 0 Å². The molecule has 1 aliphatic rings. The van der Waals surface area contributed by atoms with Crippen LogP contribution in [0.5, 0.6) is 0 Å². The summed E-state index contributed by atoms with van der Waals surface area (Å²) in [4.78, 5) is 28.1. The van der Waals surface area contributed by atoms with Crippen LogP contribution < -0.4 is 4.90 Å². The highest BCUT2D eigenvalue weighted by molar-refractivity contribution is 9.10. The first kappa shape index (κ1) is 11.8. The summed E-state index contributed by atoms with van der Waals surface area (Å²) in [5.74, 6) is -0.316. The van der Waals surface area contributed by atoms with Crippen LogP contribution in [0.2, 0.25) is 0 Å². The van der Waals surface area contributed by atoms with E-state index in [2.05, 4.69) is 25.7 Å². The van der Waals surface area contributed by atoms with Crippen molar-refractivity contribution in [2.45, 2.75) is 0 Å². The highest BCUT2D eigenvalue weighted by Gasteiger charge is 2.32. The van der Waals surface area contributed by atoms with Crippen LogP contribution in [0.25, 0.3) is 0 Å². The van der Waals surface area contributed by atoms with Crippen molar-refractivity contribution in [1.29, 1.82) is 0 Å². The van der Waals surface area contributed by atoms with E-state index in [4.69, 9.17) is 0 Å². The molecule has 1 aliphatic heterocycles. The zero-order chi connectivity index (χ0) is 12.6. The van der Waals surface area contributed by atoms with Gasteiger partial charge in [0.2, 0.25) is 0 Å². The molecule has 0 N–H and O–H groups in total. The SMILES string of the molecule is COC(=O)N=C1C(=O)N(C)c2ccc(Br)cc21. The molecule has 2 rings (SSSR count). The predicted molar refractivity (Wildman–Crippen MR) is 66.5 cm³/mol. The number of rotatable bonds is 0. The fraction of sp³-hybridized carbons (Fsp3) is 0.182. The number of nitrogens with zero attached hydrogens (tertiary/aromatic N) is 2. The molecular formula is C11H9BrN2O3. The first-order valence-corrected chi connectivity index (χ1v) is 5.58. The van der Waals surface area contributed by atoms with Crippen LogP contribution in [0.4, 0.5) is 10.5 Å². The fourth-order valence-electron chi connectivity index (χ4n) is 1.62. The standard InChI is InChI=1S/C11H9BrN2O3/c1-14-8-4-3-6(12)5-7(8)9(10(14)15)13-11(16)17-2/h3-5H,1-2H3. The molecule has 0 fully saturated rings. The molecule has 0 unspecified atom stereocenters. The number of carbonyl (C=O) groups excluding carboxylic acids is 2. The molecule has 88 valence electrons. The van der Waals surface area contributed by atoms with Gasteiger partial charge in [-0.05, 0) is 18.2 Å². The number of methoxy groups -OCH3 is 1. The van der Waals surface area contributed by atoms with Gasteiger partial charge in [-0.3, -0.25) is 4.79 Å². The summed E-state index contributed by atoms with van der Waals surface area (Å²) in [6.07, 6.45) is -0.783. The lowest BCUT2D eigenvalue weighted by molar-refractivity contribution is -0.111. The first-order chi connectivity index (χ1) is 8.04. The van der Waals surface area contributed by atoms with Gasteiger partial charge in [0.05, 0.1) is 12.8 Å². The van der Waals surface area contributed by atoms with E-state index in [0.717, 1.165) is 10.2 Å². The van der Waals surface area contributed by atoms with E-state index in [1.54, 1.807) is 19.2 Å². The number of halogens is 1. The maximum absolute atomic E-state index is 11.9. The molecule has 5 nitrogen and oxygen atoms in total. The second kappa shape index (κ2) is 4.29. The zero-order valence-electron chi connectivity index (χ0n) is 9.23. The topological polar surface area (TPSA) is 59.0 Å². The third kappa shape index (κ3) is 1.95. The molecule has 0 bridgehead atoms. The Morgan fingerprint density at radius 1 is 1.47 bits per heavy atom. The number of benzene rings is 1. The van der Waals surface area contributed by atoms with Gasteiger partial charge in [-0.15, -0.1) is 0 Å². The van der Waals surface area contributed by atoms with Crippen LogP contribution in [-0.4, -0.2) is 31.9 Å². The van der Waals surface area contributed by atoms with E-state index in [0.29, 0.717) is 5.56 Å². The Morgan fingerprint density at radius 2 is 2.18 bits per heavy atom. The molecular weight excluding hydrogens is 288 g/mol. The summed E-state index contributed by atoms with van der Waals surface area (Å²) in [6, 6.07) is 5.36. The molecule has 0 spiro atoms. The van der Waals surface area contributed by atoms with Gasteiger partial charge in [-0.2, -0.15) is 4.99 Å². The van der Waals surface area contributed by atoms with Crippen molar-refractivity contribution >= 4 is 39.3 Å². The van der Waals surface area contributed by atoms with Gasteiger partial charge in [0.1, 0.15) is 5.71 Å². The van der Waals surface area contributed by atoms with E-state index in [-0.39, 0.29) is 11.6 Å². The lowest BCUT2D eigenvalue weighted by atomic mass is 10.1. The zero-order valence-corrected chi connectivity index (χ0v) is 10.8. The minimum atomic E-state index is -0.783. The van der Waals surface area contributed by atoms with Gasteiger partial charge in [0.25, 0.3) is 5.91 Å². The Hall–Kier alpha value is -1.69. The van der Waals surface area contributed by atoms with E-state index in [1.807, 2.05) is 6.07 Å². The highest BCUT2D eigenvalue weighted by atomic mass is 79.9. The van der Waals surface area contributed by atoms with E-state index >= 15 is 0 Å². The third-order valence-corrected chi connectivity index (χ3v) is 2.95. The summed E-state index contributed by atoms with van der Waals surface area (Å²) < 4.78 is 5.25. The molecule has 0 atom stereocenters. The quantitative estimate of drug-likeness (QED) is 0.735. The lowest BCUT2D eigenvalue weighted by Gasteiger charge is -2.07. The Labute approximate surface area is 106 Å². The van der Waals surface area contributed by atoms with Crippen LogP contribution in [0.3, 0.4) is 0 Å². The summed E-state index contributed by atoms with van der Waals surface area (Å²) in [6.45, 7) is 0. The van der Waals surface area contributed by atoms with Crippen LogP contribution in [0, 0.1) is 0 Å². The molecule has 0 radical (unpaired) electrons. The molecule has 17 heavy (non-hydrogen) atoms. The third-order valence-electron chi connectivity index (χ3n) is 2.46. The average molecular weight is 297 g/mol. The molecule has 1 heterocycles. The molecule has 0 aliphatic carbocycles. The number of hydrogen-bond acceptors (Lipinski definition) is 3. The lowest BCUT2D eigenvalue weighted by Crippen LogP contribution is -2.26. The van der Waals surface area contributed by atoms with E-state index in [9.17, 15) is 9.59 Å². The highest BCUT2D eigenvalue weighted by Crippen LogP contribution is 2.30. The van der Waals surface area contributed by atoms with Gasteiger partial charge in [0, 0.05) is 17.1 Å². The fourth-order valence-corrected chi connectivity index (χ4v) is 1.98. The van der Waals surface area contributed by atoms with Gasteiger partial charge in [-0.1, -0.05) is 15.9 Å². The Balaban J connectivity index is 2.57.